The standard InChI is InChI=1S/C40H33N3O14/c1-15-11-17(3)34(33(49)36(50)40(4)14-41-26-31(47)20-12-16(2)29(45)25(28(15)44)24(20)32(48)35(26)57-40)56-38(52)22-8-6-7-21(42-22)37(51)43-27-30(46)19-10-9-18(54-5)13-23(19)55-39(27)53/h6-13,17,33-34,41,45-46,49H,14H2,1-5H3,(H,43,51)/t17-,33-,34+,40-/m0/s1. The first-order valence-corrected chi connectivity index (χ1v) is 17.4. The number of ether oxygens (including phenoxy) is 3. The van der Waals surface area contributed by atoms with Crippen LogP contribution in [0.3, 0.4) is 0 Å². The summed E-state index contributed by atoms with van der Waals surface area (Å²) in [5.41, 5.74) is -5.93. The second-order valence-corrected chi connectivity index (χ2v) is 13.9. The van der Waals surface area contributed by atoms with Gasteiger partial charge >= 0.3 is 11.6 Å². The lowest BCUT2D eigenvalue weighted by atomic mass is 9.82. The van der Waals surface area contributed by atoms with Gasteiger partial charge in [-0.1, -0.05) is 19.1 Å². The van der Waals surface area contributed by atoms with Crippen molar-refractivity contribution in [2.45, 2.75) is 45.5 Å². The first-order valence-electron chi connectivity index (χ1n) is 17.4. The highest BCUT2D eigenvalue weighted by Gasteiger charge is 2.51. The van der Waals surface area contributed by atoms with Gasteiger partial charge in [-0.3, -0.25) is 24.0 Å². The van der Waals surface area contributed by atoms with Crippen molar-refractivity contribution < 1.29 is 62.7 Å². The van der Waals surface area contributed by atoms with Gasteiger partial charge < -0.3 is 44.6 Å². The third-order valence-corrected chi connectivity index (χ3v) is 10.0. The quantitative estimate of drug-likeness (QED) is 0.144. The number of aliphatic hydroxyl groups excluding tert-OH is 1. The van der Waals surface area contributed by atoms with E-state index < -0.39 is 116 Å². The van der Waals surface area contributed by atoms with Crippen molar-refractivity contribution in [2.75, 3.05) is 19.0 Å². The van der Waals surface area contributed by atoms with E-state index in [1.807, 2.05) is 0 Å². The third-order valence-electron chi connectivity index (χ3n) is 10.0. The summed E-state index contributed by atoms with van der Waals surface area (Å²) in [5, 5.41) is 38.5. The number of aryl methyl sites for hydroxylation is 1. The Morgan fingerprint density at radius 2 is 1.68 bits per heavy atom. The molecule has 3 aliphatic rings. The zero-order chi connectivity index (χ0) is 41.2. The number of benzene rings is 2. The number of phenols is 1. The molecular weight excluding hydrogens is 746 g/mol. The number of esters is 1. The smallest absolute Gasteiger partial charge is 0.364 e. The van der Waals surface area contributed by atoms with Crippen LogP contribution in [0.2, 0.25) is 0 Å². The van der Waals surface area contributed by atoms with E-state index in [2.05, 4.69) is 15.6 Å². The van der Waals surface area contributed by atoms with Gasteiger partial charge in [-0.15, -0.1) is 0 Å². The van der Waals surface area contributed by atoms with E-state index in [1.165, 1.54) is 83.3 Å². The van der Waals surface area contributed by atoms with Crippen LogP contribution in [0.4, 0.5) is 5.69 Å². The molecule has 57 heavy (non-hydrogen) atoms. The molecule has 0 saturated heterocycles. The lowest BCUT2D eigenvalue weighted by molar-refractivity contribution is -0.154. The molecule has 2 aliphatic heterocycles. The fraction of sp³-hybridized carbons (Fsp3) is 0.250. The Morgan fingerprint density at radius 3 is 2.40 bits per heavy atom. The Morgan fingerprint density at radius 1 is 0.965 bits per heavy atom. The summed E-state index contributed by atoms with van der Waals surface area (Å²) < 4.78 is 21.9. The van der Waals surface area contributed by atoms with Crippen molar-refractivity contribution in [1.82, 2.24) is 10.3 Å². The Balaban J connectivity index is 1.22. The van der Waals surface area contributed by atoms with Gasteiger partial charge in [-0.25, -0.2) is 14.6 Å². The first kappa shape index (κ1) is 38.1. The van der Waals surface area contributed by atoms with Crippen molar-refractivity contribution in [3.8, 4) is 17.2 Å². The second kappa shape index (κ2) is 13.9. The Labute approximate surface area is 321 Å². The van der Waals surface area contributed by atoms with Crippen LogP contribution in [0.25, 0.3) is 11.0 Å². The number of allylic oxidation sites excluding steroid dienone is 3. The molecule has 1 aliphatic carbocycles. The van der Waals surface area contributed by atoms with Gasteiger partial charge in [0.15, 0.2) is 34.7 Å². The van der Waals surface area contributed by atoms with Crippen molar-refractivity contribution in [3.63, 3.8) is 0 Å². The number of aromatic hydroxyl groups is 2. The Kier molecular flexibility index (Phi) is 9.28. The summed E-state index contributed by atoms with van der Waals surface area (Å²) in [7, 11) is 1.40. The molecule has 292 valence electrons. The molecule has 2 aromatic heterocycles. The number of hydrogen-bond acceptors (Lipinski definition) is 16. The van der Waals surface area contributed by atoms with E-state index in [-0.39, 0.29) is 33.4 Å². The SMILES string of the molecule is COc1ccc2c(O)c(NC(=O)c3cccc(C(=O)O[C@H]4[C@H](O)C(=O)[C@]5(C)CNC6=C(O5)C(=O)c5c(cc(C)c(O)c5C(=O)C(C)=C[C@@H]4C)C6=O)n3)c(=O)oc2c1. The normalized spacial score (nSPS) is 21.8. The molecule has 0 spiro atoms. The molecule has 0 fully saturated rings. The lowest BCUT2D eigenvalue weighted by Gasteiger charge is -2.39. The number of Topliss-reactive ketones (excluding diaryl/α,β-unsaturated/α-hetero) is 4. The average Bonchev–Trinajstić information content (AvgIpc) is 3.19. The van der Waals surface area contributed by atoms with E-state index in [1.54, 1.807) is 0 Å². The number of pyridine rings is 1. The summed E-state index contributed by atoms with van der Waals surface area (Å²) in [6.45, 7) is 5.07. The molecule has 4 heterocycles. The van der Waals surface area contributed by atoms with E-state index in [0.29, 0.717) is 5.75 Å². The summed E-state index contributed by atoms with van der Waals surface area (Å²) in [6, 6.07) is 9.18. The number of fused-ring (bicyclic) bond motifs is 2. The maximum Gasteiger partial charge on any atom is 0.364 e. The van der Waals surface area contributed by atoms with Crippen molar-refractivity contribution in [3.05, 3.63) is 110 Å². The molecule has 4 aromatic rings. The molecule has 7 rings (SSSR count). The molecule has 5 N–H and O–H groups in total. The highest BCUT2D eigenvalue weighted by molar-refractivity contribution is 6.31. The zero-order valence-corrected chi connectivity index (χ0v) is 30.8. The fourth-order valence-corrected chi connectivity index (χ4v) is 6.94. The van der Waals surface area contributed by atoms with Crippen LogP contribution in [0, 0.1) is 12.8 Å². The minimum atomic E-state index is -2.16. The molecular formula is C40H33N3O14. The number of aromatic nitrogens is 1. The Hall–Kier alpha value is -7.14. The van der Waals surface area contributed by atoms with Gasteiger partial charge in [0.05, 0.1) is 30.2 Å². The van der Waals surface area contributed by atoms with Gasteiger partial charge in [0.1, 0.15) is 40.3 Å². The Bertz CT molecular complexity index is 2640. The maximum absolute atomic E-state index is 14.1. The average molecular weight is 780 g/mol. The predicted octanol–water partition coefficient (Wildman–Crippen LogP) is 3.07. The molecule has 1 amide bonds. The van der Waals surface area contributed by atoms with Crippen LogP contribution in [0.5, 0.6) is 17.2 Å². The number of anilines is 1. The van der Waals surface area contributed by atoms with Crippen LogP contribution in [-0.4, -0.2) is 86.8 Å². The minimum absolute atomic E-state index is 0.0132. The maximum atomic E-state index is 14.1. The van der Waals surface area contributed by atoms with E-state index in [4.69, 9.17) is 18.6 Å². The summed E-state index contributed by atoms with van der Waals surface area (Å²) in [6.07, 6.45) is -2.64. The number of carbonyl (C=O) groups is 6. The number of methoxy groups -OCH3 is 1. The van der Waals surface area contributed by atoms with Gasteiger partial charge in [0.2, 0.25) is 17.3 Å². The van der Waals surface area contributed by atoms with Crippen molar-refractivity contribution >= 4 is 51.7 Å². The highest BCUT2D eigenvalue weighted by atomic mass is 16.6. The van der Waals surface area contributed by atoms with Crippen molar-refractivity contribution in [1.29, 1.82) is 0 Å². The van der Waals surface area contributed by atoms with Crippen molar-refractivity contribution in [2.24, 2.45) is 5.92 Å². The number of nitrogens with zero attached hydrogens (tertiary/aromatic N) is 1. The largest absolute Gasteiger partial charge is 0.507 e. The minimum Gasteiger partial charge on any atom is -0.507 e. The van der Waals surface area contributed by atoms with Crippen LogP contribution >= 0.6 is 0 Å². The molecule has 0 saturated carbocycles. The molecule has 17 heteroatoms. The summed E-state index contributed by atoms with van der Waals surface area (Å²) in [5.74, 6) is -8.39. The second-order valence-electron chi connectivity index (χ2n) is 13.9. The monoisotopic (exact) mass is 779 g/mol. The molecule has 0 radical (unpaired) electrons. The van der Waals surface area contributed by atoms with Crippen LogP contribution < -0.4 is 21.0 Å². The van der Waals surface area contributed by atoms with E-state index in [0.717, 1.165) is 0 Å². The van der Waals surface area contributed by atoms with Crippen LogP contribution in [0.15, 0.2) is 74.8 Å². The molecule has 17 nitrogen and oxygen atoms in total. The van der Waals surface area contributed by atoms with Crippen LogP contribution in [0.1, 0.15) is 78.4 Å². The number of phenolic OH excluding ortho intramolecular Hbond substituents is 1. The lowest BCUT2D eigenvalue weighted by Crippen LogP contribution is -2.59. The zero-order valence-electron chi connectivity index (χ0n) is 30.8. The fourth-order valence-electron chi connectivity index (χ4n) is 6.94. The third kappa shape index (κ3) is 6.27. The van der Waals surface area contributed by atoms with Gasteiger partial charge in [-0.05, 0) is 62.2 Å². The molecule has 4 atom stereocenters. The topological polar surface area (TPSA) is 258 Å². The van der Waals surface area contributed by atoms with Gasteiger partial charge in [-0.2, -0.15) is 0 Å². The van der Waals surface area contributed by atoms with Gasteiger partial charge in [0, 0.05) is 17.5 Å². The molecule has 3 bridgehead atoms. The number of aliphatic hydroxyl groups is 1. The summed E-state index contributed by atoms with van der Waals surface area (Å²) in [4.78, 5) is 99.3. The highest BCUT2D eigenvalue weighted by Crippen LogP contribution is 2.40. The van der Waals surface area contributed by atoms with E-state index >= 15 is 0 Å². The molecule has 2 aromatic carbocycles. The van der Waals surface area contributed by atoms with Crippen LogP contribution in [-0.2, 0) is 14.3 Å². The number of carbonyl (C=O) groups excluding carboxylic acids is 6. The number of ketones is 4. The number of amides is 1. The number of nitrogens with one attached hydrogen (secondary N) is 2. The number of rotatable bonds is 5. The predicted molar refractivity (Wildman–Crippen MR) is 196 cm³/mol. The van der Waals surface area contributed by atoms with E-state index in [9.17, 15) is 48.9 Å². The van der Waals surface area contributed by atoms with Gasteiger partial charge in [0.25, 0.3) is 5.91 Å². The molecule has 0 unspecified atom stereocenters. The first-order chi connectivity index (χ1) is 26.9. The number of hydrogen-bond donors (Lipinski definition) is 5. The summed E-state index contributed by atoms with van der Waals surface area (Å²) >= 11 is 0.